The molecular weight excluding hydrogens is 236 g/mol. The van der Waals surface area contributed by atoms with Crippen LogP contribution in [-0.4, -0.2) is 28.0 Å². The van der Waals surface area contributed by atoms with Gasteiger partial charge >= 0.3 is 0 Å². The molecule has 4 heteroatoms. The topological polar surface area (TPSA) is 47.1 Å². The van der Waals surface area contributed by atoms with Crippen molar-refractivity contribution >= 4 is 0 Å². The molecule has 19 heavy (non-hydrogen) atoms. The largest absolute Gasteiger partial charge is 0.333 e. The van der Waals surface area contributed by atoms with E-state index in [1.807, 2.05) is 18.6 Å². The highest BCUT2D eigenvalue weighted by Gasteiger charge is 2.18. The highest BCUT2D eigenvalue weighted by atomic mass is 15.2. The smallest absolute Gasteiger partial charge is 0.0948 e. The molecule has 1 atom stereocenters. The maximum Gasteiger partial charge on any atom is 0.0948 e. The first kappa shape index (κ1) is 13.8. The number of nitrogens with zero attached hydrogens (tertiary/aromatic N) is 3. The van der Waals surface area contributed by atoms with Gasteiger partial charge in [-0.3, -0.25) is 4.90 Å². The number of aromatic nitrogens is 2. The zero-order valence-electron chi connectivity index (χ0n) is 11.7. The summed E-state index contributed by atoms with van der Waals surface area (Å²) < 4.78 is 2.15. The molecule has 1 unspecified atom stereocenters. The predicted molar refractivity (Wildman–Crippen MR) is 77.6 cm³/mol. The molecule has 102 valence electrons. The van der Waals surface area contributed by atoms with Gasteiger partial charge in [-0.05, 0) is 19.5 Å². The van der Waals surface area contributed by atoms with E-state index in [9.17, 15) is 0 Å². The van der Waals surface area contributed by atoms with Crippen LogP contribution in [0.1, 0.15) is 24.2 Å². The van der Waals surface area contributed by atoms with Gasteiger partial charge in [0, 0.05) is 25.8 Å². The Kier molecular flexibility index (Phi) is 4.71. The summed E-state index contributed by atoms with van der Waals surface area (Å²) in [7, 11) is 2.11. The van der Waals surface area contributed by atoms with E-state index in [2.05, 4.69) is 52.7 Å². The van der Waals surface area contributed by atoms with Crippen molar-refractivity contribution in [1.29, 1.82) is 0 Å². The lowest BCUT2D eigenvalue weighted by atomic mass is 10.1. The SMILES string of the molecule is CCn1cncc1C(CN)N(C)Cc1ccccc1. The average Bonchev–Trinajstić information content (AvgIpc) is 2.89. The monoisotopic (exact) mass is 258 g/mol. The molecule has 0 fully saturated rings. The Morgan fingerprint density at radius 3 is 2.68 bits per heavy atom. The molecule has 1 aromatic carbocycles. The quantitative estimate of drug-likeness (QED) is 0.862. The minimum absolute atomic E-state index is 0.197. The first-order valence-corrected chi connectivity index (χ1v) is 6.70. The van der Waals surface area contributed by atoms with E-state index in [0.29, 0.717) is 6.54 Å². The van der Waals surface area contributed by atoms with E-state index in [4.69, 9.17) is 5.73 Å². The van der Waals surface area contributed by atoms with Crippen LogP contribution in [0.4, 0.5) is 0 Å². The molecule has 0 amide bonds. The van der Waals surface area contributed by atoms with Gasteiger partial charge in [0.1, 0.15) is 0 Å². The Bertz CT molecular complexity index is 492. The van der Waals surface area contributed by atoms with Crippen molar-refractivity contribution in [2.45, 2.75) is 26.1 Å². The van der Waals surface area contributed by atoms with Gasteiger partial charge in [-0.2, -0.15) is 0 Å². The Labute approximate surface area is 114 Å². The lowest BCUT2D eigenvalue weighted by molar-refractivity contribution is 0.232. The molecular formula is C15H22N4. The molecule has 4 nitrogen and oxygen atoms in total. The standard InChI is InChI=1S/C15H22N4/c1-3-19-12-17-10-15(19)14(9-16)18(2)11-13-7-5-4-6-8-13/h4-8,10,12,14H,3,9,11,16H2,1-2H3. The molecule has 2 N–H and O–H groups in total. The Balaban J connectivity index is 2.13. The van der Waals surface area contributed by atoms with Crippen LogP contribution in [0.2, 0.25) is 0 Å². The van der Waals surface area contributed by atoms with Crippen molar-refractivity contribution in [2.24, 2.45) is 5.73 Å². The fourth-order valence-corrected chi connectivity index (χ4v) is 2.38. The van der Waals surface area contributed by atoms with Crippen LogP contribution in [0.15, 0.2) is 42.9 Å². The van der Waals surface area contributed by atoms with Crippen molar-refractivity contribution < 1.29 is 0 Å². The summed E-state index contributed by atoms with van der Waals surface area (Å²) >= 11 is 0. The molecule has 1 heterocycles. The fraction of sp³-hybridized carbons (Fsp3) is 0.400. The molecule has 1 aromatic heterocycles. The molecule has 0 spiro atoms. The van der Waals surface area contributed by atoms with Crippen molar-refractivity contribution in [2.75, 3.05) is 13.6 Å². The van der Waals surface area contributed by atoms with Gasteiger partial charge in [0.05, 0.1) is 18.1 Å². The molecule has 0 saturated heterocycles. The van der Waals surface area contributed by atoms with E-state index >= 15 is 0 Å². The summed E-state index contributed by atoms with van der Waals surface area (Å²) in [6.07, 6.45) is 3.79. The second-order valence-corrected chi connectivity index (χ2v) is 4.76. The van der Waals surface area contributed by atoms with Crippen LogP contribution in [0.3, 0.4) is 0 Å². The summed E-state index contributed by atoms with van der Waals surface area (Å²) in [5, 5.41) is 0. The first-order chi connectivity index (χ1) is 9.26. The van der Waals surface area contributed by atoms with Gasteiger partial charge in [0.15, 0.2) is 0 Å². The molecule has 0 aliphatic carbocycles. The molecule has 2 aromatic rings. The highest BCUT2D eigenvalue weighted by molar-refractivity contribution is 5.15. The van der Waals surface area contributed by atoms with Gasteiger partial charge in [-0.15, -0.1) is 0 Å². The van der Waals surface area contributed by atoms with E-state index < -0.39 is 0 Å². The van der Waals surface area contributed by atoms with Crippen molar-refractivity contribution in [1.82, 2.24) is 14.5 Å². The Morgan fingerprint density at radius 2 is 2.05 bits per heavy atom. The van der Waals surface area contributed by atoms with Crippen molar-refractivity contribution in [3.63, 3.8) is 0 Å². The van der Waals surface area contributed by atoms with E-state index in [-0.39, 0.29) is 6.04 Å². The van der Waals surface area contributed by atoms with E-state index in [1.54, 1.807) is 0 Å². The summed E-state index contributed by atoms with van der Waals surface area (Å²) in [4.78, 5) is 6.51. The average molecular weight is 258 g/mol. The number of imidazole rings is 1. The number of benzene rings is 1. The van der Waals surface area contributed by atoms with Gasteiger partial charge in [-0.25, -0.2) is 4.98 Å². The van der Waals surface area contributed by atoms with Crippen molar-refractivity contribution in [3.8, 4) is 0 Å². The van der Waals surface area contributed by atoms with E-state index in [1.165, 1.54) is 11.3 Å². The number of nitrogens with two attached hydrogens (primary N) is 1. The predicted octanol–water partition coefficient (Wildman–Crippen LogP) is 2.03. The second-order valence-electron chi connectivity index (χ2n) is 4.76. The number of rotatable bonds is 6. The lowest BCUT2D eigenvalue weighted by Gasteiger charge is -2.27. The number of likely N-dealkylation sites (N-methyl/N-ethyl adjacent to an activating group) is 1. The summed E-state index contributed by atoms with van der Waals surface area (Å²) in [5.41, 5.74) is 8.44. The number of aryl methyl sites for hydroxylation is 1. The summed E-state index contributed by atoms with van der Waals surface area (Å²) in [5.74, 6) is 0. The van der Waals surface area contributed by atoms with Gasteiger partial charge in [-0.1, -0.05) is 30.3 Å². The normalized spacial score (nSPS) is 12.8. The zero-order valence-corrected chi connectivity index (χ0v) is 11.7. The maximum atomic E-state index is 5.96. The number of hydrogen-bond acceptors (Lipinski definition) is 3. The summed E-state index contributed by atoms with van der Waals surface area (Å²) in [6, 6.07) is 10.6. The minimum atomic E-state index is 0.197. The van der Waals surface area contributed by atoms with Gasteiger partial charge in [0.2, 0.25) is 0 Å². The van der Waals surface area contributed by atoms with Crippen molar-refractivity contribution in [3.05, 3.63) is 54.1 Å². The van der Waals surface area contributed by atoms with Crippen LogP contribution >= 0.6 is 0 Å². The highest BCUT2D eigenvalue weighted by Crippen LogP contribution is 2.20. The molecule has 0 saturated carbocycles. The maximum absolute atomic E-state index is 5.96. The molecule has 2 rings (SSSR count). The molecule has 0 aliphatic heterocycles. The second kappa shape index (κ2) is 6.50. The zero-order chi connectivity index (χ0) is 13.7. The fourth-order valence-electron chi connectivity index (χ4n) is 2.38. The third-order valence-corrected chi connectivity index (χ3v) is 3.46. The van der Waals surface area contributed by atoms with Gasteiger partial charge < -0.3 is 10.3 Å². The summed E-state index contributed by atoms with van der Waals surface area (Å²) in [6.45, 7) is 4.52. The molecule has 0 bridgehead atoms. The van der Waals surface area contributed by atoms with Crippen LogP contribution in [-0.2, 0) is 13.1 Å². The van der Waals surface area contributed by atoms with Crippen LogP contribution in [0.25, 0.3) is 0 Å². The molecule has 0 radical (unpaired) electrons. The Morgan fingerprint density at radius 1 is 1.32 bits per heavy atom. The van der Waals surface area contributed by atoms with Crippen LogP contribution < -0.4 is 5.73 Å². The third-order valence-electron chi connectivity index (χ3n) is 3.46. The van der Waals surface area contributed by atoms with E-state index in [0.717, 1.165) is 13.1 Å². The first-order valence-electron chi connectivity index (χ1n) is 6.70. The van der Waals surface area contributed by atoms with Crippen LogP contribution in [0, 0.1) is 0 Å². The minimum Gasteiger partial charge on any atom is -0.333 e. The van der Waals surface area contributed by atoms with Crippen LogP contribution in [0.5, 0.6) is 0 Å². The Hall–Kier alpha value is -1.65. The third kappa shape index (κ3) is 3.22. The lowest BCUT2D eigenvalue weighted by Crippen LogP contribution is -2.31. The number of hydrogen-bond donors (Lipinski definition) is 1. The molecule has 0 aliphatic rings. The van der Waals surface area contributed by atoms with Gasteiger partial charge in [0.25, 0.3) is 0 Å².